The molecular formula is C10H15NO2. The van der Waals surface area contributed by atoms with Crippen molar-refractivity contribution in [2.75, 3.05) is 13.1 Å². The number of aliphatic hydroxyl groups is 2. The van der Waals surface area contributed by atoms with Crippen LogP contribution in [0.2, 0.25) is 0 Å². The highest BCUT2D eigenvalue weighted by Gasteiger charge is 1.95. The Morgan fingerprint density at radius 2 is 1.85 bits per heavy atom. The standard InChI is InChI=1S/C10H15NO2/c12-10(13)8-11-7-6-9-4-2-1-3-5-9/h1-5,10-13H,6-8H2. The van der Waals surface area contributed by atoms with Crippen LogP contribution in [0.15, 0.2) is 30.3 Å². The summed E-state index contributed by atoms with van der Waals surface area (Å²) < 4.78 is 0. The summed E-state index contributed by atoms with van der Waals surface area (Å²) in [6.07, 6.45) is -0.344. The summed E-state index contributed by atoms with van der Waals surface area (Å²) in [5.74, 6) is 0. The topological polar surface area (TPSA) is 52.5 Å². The molecule has 0 saturated heterocycles. The largest absolute Gasteiger partial charge is 0.367 e. The minimum absolute atomic E-state index is 0.229. The van der Waals surface area contributed by atoms with Crippen molar-refractivity contribution >= 4 is 0 Å². The van der Waals surface area contributed by atoms with Crippen LogP contribution in [0, 0.1) is 0 Å². The van der Waals surface area contributed by atoms with Gasteiger partial charge in [0.2, 0.25) is 0 Å². The smallest absolute Gasteiger partial charge is 0.164 e. The minimum atomic E-state index is -1.25. The van der Waals surface area contributed by atoms with Crippen molar-refractivity contribution in [1.29, 1.82) is 0 Å². The van der Waals surface area contributed by atoms with Crippen LogP contribution in [0.3, 0.4) is 0 Å². The van der Waals surface area contributed by atoms with E-state index >= 15 is 0 Å². The first-order valence-electron chi connectivity index (χ1n) is 4.40. The van der Waals surface area contributed by atoms with Crippen molar-refractivity contribution in [3.05, 3.63) is 35.9 Å². The van der Waals surface area contributed by atoms with Crippen LogP contribution in [-0.4, -0.2) is 29.6 Å². The molecule has 3 heteroatoms. The molecule has 3 nitrogen and oxygen atoms in total. The lowest BCUT2D eigenvalue weighted by Crippen LogP contribution is -2.27. The van der Waals surface area contributed by atoms with E-state index in [1.165, 1.54) is 5.56 Å². The molecule has 0 fully saturated rings. The Kier molecular flexibility index (Phi) is 4.46. The van der Waals surface area contributed by atoms with Gasteiger partial charge < -0.3 is 15.5 Å². The van der Waals surface area contributed by atoms with E-state index in [1.807, 2.05) is 18.2 Å². The number of hydrogen-bond donors (Lipinski definition) is 3. The van der Waals surface area contributed by atoms with E-state index in [0.717, 1.165) is 13.0 Å². The Balaban J connectivity index is 2.13. The summed E-state index contributed by atoms with van der Waals surface area (Å²) in [5.41, 5.74) is 1.25. The quantitative estimate of drug-likeness (QED) is 0.447. The van der Waals surface area contributed by atoms with Crippen LogP contribution in [0.4, 0.5) is 0 Å². The second-order valence-electron chi connectivity index (χ2n) is 2.92. The van der Waals surface area contributed by atoms with E-state index in [4.69, 9.17) is 10.2 Å². The molecule has 1 aromatic rings. The molecular weight excluding hydrogens is 166 g/mol. The first kappa shape index (κ1) is 10.2. The third kappa shape index (κ3) is 4.62. The third-order valence-electron chi connectivity index (χ3n) is 1.76. The molecule has 13 heavy (non-hydrogen) atoms. The second-order valence-corrected chi connectivity index (χ2v) is 2.92. The third-order valence-corrected chi connectivity index (χ3v) is 1.76. The van der Waals surface area contributed by atoms with E-state index in [-0.39, 0.29) is 6.54 Å². The first-order valence-corrected chi connectivity index (χ1v) is 4.40. The molecule has 0 bridgehead atoms. The SMILES string of the molecule is OC(O)CNCCc1ccccc1. The van der Waals surface area contributed by atoms with Gasteiger partial charge in [0.25, 0.3) is 0 Å². The summed E-state index contributed by atoms with van der Waals surface area (Å²) in [5, 5.41) is 20.0. The molecule has 72 valence electrons. The van der Waals surface area contributed by atoms with E-state index in [0.29, 0.717) is 0 Å². The predicted octanol–water partition coefficient (Wildman–Crippen LogP) is 0.129. The van der Waals surface area contributed by atoms with Gasteiger partial charge in [-0.05, 0) is 18.5 Å². The normalized spacial score (nSPS) is 10.7. The van der Waals surface area contributed by atoms with Crippen LogP contribution < -0.4 is 5.32 Å². The van der Waals surface area contributed by atoms with Gasteiger partial charge in [0, 0.05) is 6.54 Å². The van der Waals surface area contributed by atoms with Crippen LogP contribution in [0.1, 0.15) is 5.56 Å². The van der Waals surface area contributed by atoms with Gasteiger partial charge in [-0.2, -0.15) is 0 Å². The molecule has 0 heterocycles. The fourth-order valence-corrected chi connectivity index (χ4v) is 1.11. The van der Waals surface area contributed by atoms with Crippen molar-refractivity contribution in [2.45, 2.75) is 12.7 Å². The fraction of sp³-hybridized carbons (Fsp3) is 0.400. The molecule has 0 aliphatic heterocycles. The molecule has 0 aliphatic carbocycles. The zero-order chi connectivity index (χ0) is 9.52. The lowest BCUT2D eigenvalue weighted by Gasteiger charge is -2.05. The van der Waals surface area contributed by atoms with E-state index in [1.54, 1.807) is 0 Å². The number of aliphatic hydroxyl groups excluding tert-OH is 1. The van der Waals surface area contributed by atoms with Gasteiger partial charge in [0.15, 0.2) is 6.29 Å². The van der Waals surface area contributed by atoms with Crippen molar-refractivity contribution in [3.63, 3.8) is 0 Å². The van der Waals surface area contributed by atoms with Crippen LogP contribution >= 0.6 is 0 Å². The van der Waals surface area contributed by atoms with Crippen LogP contribution in [0.25, 0.3) is 0 Å². The van der Waals surface area contributed by atoms with Crippen LogP contribution in [0.5, 0.6) is 0 Å². The zero-order valence-corrected chi connectivity index (χ0v) is 7.48. The number of rotatable bonds is 5. The molecule has 1 rings (SSSR count). The van der Waals surface area contributed by atoms with Gasteiger partial charge >= 0.3 is 0 Å². The molecule has 1 aromatic carbocycles. The van der Waals surface area contributed by atoms with Crippen molar-refractivity contribution in [2.24, 2.45) is 0 Å². The highest BCUT2D eigenvalue weighted by molar-refractivity contribution is 5.14. The van der Waals surface area contributed by atoms with Gasteiger partial charge in [-0.1, -0.05) is 30.3 Å². The average molecular weight is 181 g/mol. The summed E-state index contributed by atoms with van der Waals surface area (Å²) >= 11 is 0. The number of nitrogens with one attached hydrogen (secondary N) is 1. The first-order chi connectivity index (χ1) is 6.29. The molecule has 0 spiro atoms. The monoisotopic (exact) mass is 181 g/mol. The van der Waals surface area contributed by atoms with E-state index < -0.39 is 6.29 Å². The van der Waals surface area contributed by atoms with Gasteiger partial charge in [-0.3, -0.25) is 0 Å². The molecule has 0 aromatic heterocycles. The maximum Gasteiger partial charge on any atom is 0.164 e. The fourth-order valence-electron chi connectivity index (χ4n) is 1.11. The minimum Gasteiger partial charge on any atom is -0.367 e. The van der Waals surface area contributed by atoms with Crippen LogP contribution in [-0.2, 0) is 6.42 Å². The van der Waals surface area contributed by atoms with Crippen molar-refractivity contribution in [3.8, 4) is 0 Å². The molecule has 0 unspecified atom stereocenters. The summed E-state index contributed by atoms with van der Waals surface area (Å²) in [6.45, 7) is 0.995. The zero-order valence-electron chi connectivity index (χ0n) is 7.48. The Morgan fingerprint density at radius 1 is 1.15 bits per heavy atom. The summed E-state index contributed by atoms with van der Waals surface area (Å²) in [4.78, 5) is 0. The Labute approximate surface area is 78.0 Å². The number of hydrogen-bond acceptors (Lipinski definition) is 3. The summed E-state index contributed by atoms with van der Waals surface area (Å²) in [7, 11) is 0. The van der Waals surface area contributed by atoms with Gasteiger partial charge in [0.1, 0.15) is 0 Å². The highest BCUT2D eigenvalue weighted by atomic mass is 16.5. The lowest BCUT2D eigenvalue weighted by molar-refractivity contribution is -0.0369. The highest BCUT2D eigenvalue weighted by Crippen LogP contribution is 1.97. The summed E-state index contributed by atoms with van der Waals surface area (Å²) in [6, 6.07) is 10.1. The van der Waals surface area contributed by atoms with Gasteiger partial charge in [0.05, 0.1) is 0 Å². The average Bonchev–Trinajstić information content (AvgIpc) is 2.14. The van der Waals surface area contributed by atoms with Crippen molar-refractivity contribution in [1.82, 2.24) is 5.32 Å². The molecule has 0 saturated carbocycles. The Morgan fingerprint density at radius 3 is 2.46 bits per heavy atom. The molecule has 0 atom stereocenters. The second kappa shape index (κ2) is 5.70. The van der Waals surface area contributed by atoms with E-state index in [9.17, 15) is 0 Å². The predicted molar refractivity (Wildman–Crippen MR) is 51.2 cm³/mol. The Hall–Kier alpha value is -0.900. The van der Waals surface area contributed by atoms with Gasteiger partial charge in [-0.15, -0.1) is 0 Å². The molecule has 0 aliphatic rings. The van der Waals surface area contributed by atoms with E-state index in [2.05, 4.69) is 17.4 Å². The Bertz CT molecular complexity index is 224. The van der Waals surface area contributed by atoms with Crippen molar-refractivity contribution < 1.29 is 10.2 Å². The molecule has 3 N–H and O–H groups in total. The lowest BCUT2D eigenvalue weighted by atomic mass is 10.1. The maximum absolute atomic E-state index is 8.54. The molecule has 0 radical (unpaired) electrons. The maximum atomic E-state index is 8.54. The molecule has 0 amide bonds. The number of benzene rings is 1. The van der Waals surface area contributed by atoms with Gasteiger partial charge in [-0.25, -0.2) is 0 Å².